The minimum absolute atomic E-state index is 0.00663. The van der Waals surface area contributed by atoms with Gasteiger partial charge >= 0.3 is 0 Å². The molecular weight excluding hydrogens is 246 g/mol. The van der Waals surface area contributed by atoms with E-state index in [1.54, 1.807) is 0 Å². The van der Waals surface area contributed by atoms with E-state index in [0.717, 1.165) is 18.7 Å². The number of hydrogen-bond donors (Lipinski definition) is 1. The lowest BCUT2D eigenvalue weighted by Crippen LogP contribution is -2.22. The molecule has 2 rings (SSSR count). The number of hydrogen-bond acceptors (Lipinski definition) is 2. The topological polar surface area (TPSA) is 21.3 Å². The molecule has 0 radical (unpaired) electrons. The molecule has 20 heavy (non-hydrogen) atoms. The molecule has 0 heterocycles. The number of allylic oxidation sites excluding steroid dienone is 1. The van der Waals surface area contributed by atoms with E-state index < -0.39 is 0 Å². The Balaban J connectivity index is 2.22. The van der Waals surface area contributed by atoms with Crippen molar-refractivity contribution in [2.24, 2.45) is 0 Å². The predicted molar refractivity (Wildman–Crippen MR) is 84.1 cm³/mol. The third kappa shape index (κ3) is 3.72. The van der Waals surface area contributed by atoms with E-state index in [2.05, 4.69) is 30.1 Å². The molecule has 0 amide bonds. The fourth-order valence-corrected chi connectivity index (χ4v) is 2.18. The van der Waals surface area contributed by atoms with Gasteiger partial charge in [0.2, 0.25) is 0 Å². The highest BCUT2D eigenvalue weighted by atomic mass is 16.5. The molecule has 0 spiro atoms. The highest BCUT2D eigenvalue weighted by Crippen LogP contribution is 2.25. The average molecular weight is 267 g/mol. The van der Waals surface area contributed by atoms with Crippen LogP contribution >= 0.6 is 0 Å². The Labute approximate surface area is 121 Å². The van der Waals surface area contributed by atoms with Crippen LogP contribution in [0.25, 0.3) is 0 Å². The van der Waals surface area contributed by atoms with Crippen molar-refractivity contribution in [2.45, 2.75) is 12.5 Å². The molecule has 2 heteroatoms. The smallest absolute Gasteiger partial charge is 0.136 e. The van der Waals surface area contributed by atoms with Gasteiger partial charge in [0.1, 0.15) is 11.9 Å². The fraction of sp³-hybridized carbons (Fsp3) is 0.222. The van der Waals surface area contributed by atoms with Crippen LogP contribution in [0.1, 0.15) is 17.2 Å². The SMILES string of the molecule is C=CCc1ccccc1OC(CNC)c1ccccc1. The lowest BCUT2D eigenvalue weighted by Gasteiger charge is -2.21. The van der Waals surface area contributed by atoms with Crippen molar-refractivity contribution in [3.05, 3.63) is 78.4 Å². The van der Waals surface area contributed by atoms with Crippen LogP contribution in [-0.2, 0) is 6.42 Å². The van der Waals surface area contributed by atoms with Gasteiger partial charge in [-0.05, 0) is 30.7 Å². The quantitative estimate of drug-likeness (QED) is 0.771. The number of benzene rings is 2. The van der Waals surface area contributed by atoms with E-state index in [1.165, 1.54) is 11.1 Å². The summed E-state index contributed by atoms with van der Waals surface area (Å²) in [6.07, 6.45) is 2.72. The molecular formula is C18H21NO. The van der Waals surface area contributed by atoms with Crippen molar-refractivity contribution >= 4 is 0 Å². The summed E-state index contributed by atoms with van der Waals surface area (Å²) in [6.45, 7) is 4.57. The Morgan fingerprint density at radius 1 is 1.10 bits per heavy atom. The molecule has 1 atom stereocenters. The van der Waals surface area contributed by atoms with Crippen LogP contribution in [0, 0.1) is 0 Å². The van der Waals surface area contributed by atoms with E-state index in [-0.39, 0.29) is 6.10 Å². The molecule has 0 aliphatic carbocycles. The molecule has 0 aliphatic rings. The standard InChI is InChI=1S/C18H21NO/c1-3-9-15-12-7-8-13-17(15)20-18(14-19-2)16-10-5-4-6-11-16/h3-8,10-13,18-19H,1,9,14H2,2H3. The van der Waals surface area contributed by atoms with Crippen LogP contribution in [0.2, 0.25) is 0 Å². The Bertz CT molecular complexity index is 536. The maximum absolute atomic E-state index is 6.21. The number of rotatable bonds is 7. The van der Waals surface area contributed by atoms with Gasteiger partial charge < -0.3 is 10.1 Å². The van der Waals surface area contributed by atoms with Gasteiger partial charge in [0.05, 0.1) is 0 Å². The Morgan fingerprint density at radius 3 is 2.50 bits per heavy atom. The number of likely N-dealkylation sites (N-methyl/N-ethyl adjacent to an activating group) is 1. The predicted octanol–water partition coefficient (Wildman–Crippen LogP) is 3.75. The highest BCUT2D eigenvalue weighted by Gasteiger charge is 2.13. The summed E-state index contributed by atoms with van der Waals surface area (Å²) in [7, 11) is 1.94. The van der Waals surface area contributed by atoms with Crippen LogP contribution in [0.4, 0.5) is 0 Å². The first kappa shape index (κ1) is 14.4. The van der Waals surface area contributed by atoms with E-state index in [4.69, 9.17) is 4.74 Å². The summed E-state index contributed by atoms with van der Waals surface area (Å²) in [5.74, 6) is 0.927. The minimum Gasteiger partial charge on any atom is -0.484 e. The van der Waals surface area contributed by atoms with E-state index in [9.17, 15) is 0 Å². The van der Waals surface area contributed by atoms with Crippen molar-refractivity contribution in [3.8, 4) is 5.75 Å². The Kier molecular flexibility index (Phi) is 5.39. The van der Waals surface area contributed by atoms with Crippen molar-refractivity contribution in [2.75, 3.05) is 13.6 Å². The van der Waals surface area contributed by atoms with Crippen molar-refractivity contribution < 1.29 is 4.74 Å². The monoisotopic (exact) mass is 267 g/mol. The molecule has 0 aromatic heterocycles. The van der Waals surface area contributed by atoms with Crippen LogP contribution in [0.3, 0.4) is 0 Å². The maximum Gasteiger partial charge on any atom is 0.136 e. The summed E-state index contributed by atoms with van der Waals surface area (Å²) in [5, 5.41) is 3.19. The first-order chi connectivity index (χ1) is 9.85. The van der Waals surface area contributed by atoms with Crippen molar-refractivity contribution in [1.29, 1.82) is 0 Å². The Hall–Kier alpha value is -2.06. The second-order valence-electron chi connectivity index (χ2n) is 4.68. The van der Waals surface area contributed by atoms with E-state index >= 15 is 0 Å². The lowest BCUT2D eigenvalue weighted by molar-refractivity contribution is 0.203. The molecule has 1 unspecified atom stereocenters. The van der Waals surface area contributed by atoms with E-state index in [1.807, 2.05) is 49.5 Å². The normalized spacial score (nSPS) is 11.8. The minimum atomic E-state index is 0.00663. The van der Waals surface area contributed by atoms with E-state index in [0.29, 0.717) is 0 Å². The number of nitrogens with one attached hydrogen (secondary N) is 1. The van der Waals surface area contributed by atoms with Crippen molar-refractivity contribution in [1.82, 2.24) is 5.32 Å². The molecule has 0 saturated carbocycles. The second kappa shape index (κ2) is 7.51. The van der Waals surface area contributed by atoms with Gasteiger partial charge in [0, 0.05) is 6.54 Å². The molecule has 0 aliphatic heterocycles. The van der Waals surface area contributed by atoms with Crippen LogP contribution < -0.4 is 10.1 Å². The summed E-state index contributed by atoms with van der Waals surface area (Å²) >= 11 is 0. The average Bonchev–Trinajstić information content (AvgIpc) is 2.50. The van der Waals surface area contributed by atoms with Gasteiger partial charge in [0.15, 0.2) is 0 Å². The third-order valence-electron chi connectivity index (χ3n) is 3.17. The molecule has 0 saturated heterocycles. The second-order valence-corrected chi connectivity index (χ2v) is 4.68. The summed E-state index contributed by atoms with van der Waals surface area (Å²) in [4.78, 5) is 0. The number of para-hydroxylation sites is 1. The lowest BCUT2D eigenvalue weighted by atomic mass is 10.1. The van der Waals surface area contributed by atoms with Gasteiger partial charge in [-0.3, -0.25) is 0 Å². The molecule has 104 valence electrons. The zero-order valence-electron chi connectivity index (χ0n) is 11.9. The molecule has 2 aromatic rings. The molecule has 0 fully saturated rings. The highest BCUT2D eigenvalue weighted by molar-refractivity contribution is 5.35. The van der Waals surface area contributed by atoms with Crippen LogP contribution in [0.5, 0.6) is 5.75 Å². The van der Waals surface area contributed by atoms with Gasteiger partial charge in [-0.25, -0.2) is 0 Å². The zero-order valence-corrected chi connectivity index (χ0v) is 11.9. The molecule has 1 N–H and O–H groups in total. The third-order valence-corrected chi connectivity index (χ3v) is 3.17. The first-order valence-electron chi connectivity index (χ1n) is 6.90. The van der Waals surface area contributed by atoms with Gasteiger partial charge in [-0.2, -0.15) is 0 Å². The molecule has 2 nitrogen and oxygen atoms in total. The Morgan fingerprint density at radius 2 is 1.80 bits per heavy atom. The van der Waals surface area contributed by atoms with Crippen molar-refractivity contribution in [3.63, 3.8) is 0 Å². The first-order valence-corrected chi connectivity index (χ1v) is 6.90. The molecule has 0 bridgehead atoms. The summed E-state index contributed by atoms with van der Waals surface area (Å²) in [5.41, 5.74) is 2.34. The van der Waals surface area contributed by atoms with Gasteiger partial charge in [0.25, 0.3) is 0 Å². The summed E-state index contributed by atoms with van der Waals surface area (Å²) in [6, 6.07) is 18.4. The number of ether oxygens (including phenoxy) is 1. The van der Waals surface area contributed by atoms with Crippen LogP contribution in [-0.4, -0.2) is 13.6 Å². The molecule has 2 aromatic carbocycles. The largest absolute Gasteiger partial charge is 0.484 e. The summed E-state index contributed by atoms with van der Waals surface area (Å²) < 4.78 is 6.21. The van der Waals surface area contributed by atoms with Crippen LogP contribution in [0.15, 0.2) is 67.3 Å². The maximum atomic E-state index is 6.21. The zero-order chi connectivity index (χ0) is 14.2. The fourth-order valence-electron chi connectivity index (χ4n) is 2.18. The van der Waals surface area contributed by atoms with Gasteiger partial charge in [-0.1, -0.05) is 54.6 Å². The van der Waals surface area contributed by atoms with Gasteiger partial charge in [-0.15, -0.1) is 6.58 Å².